The van der Waals surface area contributed by atoms with Crippen LogP contribution in [-0.4, -0.2) is 48.6 Å². The van der Waals surface area contributed by atoms with Crippen molar-refractivity contribution in [1.29, 1.82) is 0 Å². The van der Waals surface area contributed by atoms with Crippen LogP contribution in [0.4, 0.5) is 5.69 Å². The van der Waals surface area contributed by atoms with Gasteiger partial charge in [-0.3, -0.25) is 14.5 Å². The van der Waals surface area contributed by atoms with Crippen molar-refractivity contribution in [2.24, 2.45) is 0 Å². The molecule has 5 heteroatoms. The third-order valence-corrected chi connectivity index (χ3v) is 3.49. The second-order valence-corrected chi connectivity index (χ2v) is 5.20. The summed E-state index contributed by atoms with van der Waals surface area (Å²) in [7, 11) is 1.63. The highest BCUT2D eigenvalue weighted by Gasteiger charge is 2.18. The predicted molar refractivity (Wildman–Crippen MR) is 87.1 cm³/mol. The van der Waals surface area contributed by atoms with Gasteiger partial charge in [-0.15, -0.1) is 0 Å². The lowest BCUT2D eigenvalue weighted by atomic mass is 10.1. The number of aliphatic carboxylic acids is 1. The van der Waals surface area contributed by atoms with E-state index in [1.165, 1.54) is 4.90 Å². The molecule has 0 unspecified atom stereocenters. The van der Waals surface area contributed by atoms with E-state index in [0.29, 0.717) is 6.54 Å². The van der Waals surface area contributed by atoms with Crippen molar-refractivity contribution < 1.29 is 14.7 Å². The number of carboxylic acid groups (broad SMARTS) is 1. The Morgan fingerprint density at radius 2 is 1.73 bits per heavy atom. The number of nitrogens with zero attached hydrogens (tertiary/aromatic N) is 2. The highest BCUT2D eigenvalue weighted by Crippen LogP contribution is 2.26. The number of fused-ring (bicyclic) bond motifs is 1. The largest absolute Gasteiger partial charge is 0.480 e. The lowest BCUT2D eigenvalue weighted by Crippen LogP contribution is -2.40. The molecule has 0 aliphatic heterocycles. The maximum Gasteiger partial charge on any atom is 0.317 e. The summed E-state index contributed by atoms with van der Waals surface area (Å²) in [6.07, 6.45) is 0. The molecule has 0 heterocycles. The average Bonchev–Trinajstić information content (AvgIpc) is 2.47. The van der Waals surface area contributed by atoms with Gasteiger partial charge in [-0.1, -0.05) is 36.4 Å². The first-order valence-corrected chi connectivity index (χ1v) is 7.21. The topological polar surface area (TPSA) is 60.9 Å². The Hall–Kier alpha value is -2.40. The van der Waals surface area contributed by atoms with E-state index in [1.807, 2.05) is 49.4 Å². The zero-order valence-corrected chi connectivity index (χ0v) is 12.8. The second kappa shape index (κ2) is 7.04. The molecular formula is C17H20N2O3. The third kappa shape index (κ3) is 3.62. The fourth-order valence-corrected chi connectivity index (χ4v) is 2.53. The minimum atomic E-state index is -0.941. The molecule has 5 nitrogen and oxygen atoms in total. The van der Waals surface area contributed by atoms with Gasteiger partial charge in [-0.05, 0) is 25.4 Å². The summed E-state index contributed by atoms with van der Waals surface area (Å²) in [5, 5.41) is 10.9. The normalized spacial score (nSPS) is 10.9. The standard InChI is InChI=1S/C17H20N2O3/c1-3-19(16(20)11-18(2)12-17(21)22)15-10-6-8-13-7-4-5-9-14(13)15/h4-10H,3,11-12H2,1-2H3,(H,21,22). The minimum Gasteiger partial charge on any atom is -0.480 e. The van der Waals surface area contributed by atoms with Crippen LogP contribution < -0.4 is 4.90 Å². The summed E-state index contributed by atoms with van der Waals surface area (Å²) in [6, 6.07) is 13.8. The molecular weight excluding hydrogens is 280 g/mol. The van der Waals surface area contributed by atoms with Crippen LogP contribution in [-0.2, 0) is 9.59 Å². The second-order valence-electron chi connectivity index (χ2n) is 5.20. The van der Waals surface area contributed by atoms with E-state index in [1.54, 1.807) is 11.9 Å². The molecule has 2 aromatic rings. The lowest BCUT2D eigenvalue weighted by molar-refractivity contribution is -0.138. The van der Waals surface area contributed by atoms with Crippen molar-refractivity contribution in [2.75, 3.05) is 31.6 Å². The van der Waals surface area contributed by atoms with E-state index < -0.39 is 5.97 Å². The van der Waals surface area contributed by atoms with Gasteiger partial charge >= 0.3 is 5.97 Å². The lowest BCUT2D eigenvalue weighted by Gasteiger charge is -2.25. The van der Waals surface area contributed by atoms with Crippen molar-refractivity contribution in [3.63, 3.8) is 0 Å². The fourth-order valence-electron chi connectivity index (χ4n) is 2.53. The van der Waals surface area contributed by atoms with Gasteiger partial charge in [0.15, 0.2) is 0 Å². The number of likely N-dealkylation sites (N-methyl/N-ethyl adjacent to an activating group) is 2. The van der Waals surface area contributed by atoms with Crippen LogP contribution in [0.15, 0.2) is 42.5 Å². The van der Waals surface area contributed by atoms with Crippen LogP contribution in [0.25, 0.3) is 10.8 Å². The molecule has 0 spiro atoms. The van der Waals surface area contributed by atoms with Gasteiger partial charge in [-0.25, -0.2) is 0 Å². The molecule has 0 aliphatic rings. The third-order valence-electron chi connectivity index (χ3n) is 3.49. The molecule has 0 aliphatic carbocycles. The number of rotatable bonds is 6. The Bertz CT molecular complexity index is 679. The van der Waals surface area contributed by atoms with Gasteiger partial charge in [0.1, 0.15) is 0 Å². The van der Waals surface area contributed by atoms with E-state index >= 15 is 0 Å². The van der Waals surface area contributed by atoms with Crippen molar-refractivity contribution >= 4 is 28.3 Å². The number of anilines is 1. The summed E-state index contributed by atoms with van der Waals surface area (Å²) in [6.45, 7) is 2.37. The summed E-state index contributed by atoms with van der Waals surface area (Å²) in [4.78, 5) is 26.4. The summed E-state index contributed by atoms with van der Waals surface area (Å²) >= 11 is 0. The highest BCUT2D eigenvalue weighted by molar-refractivity contribution is 6.04. The fraction of sp³-hybridized carbons (Fsp3) is 0.294. The average molecular weight is 300 g/mol. The van der Waals surface area contributed by atoms with E-state index in [-0.39, 0.29) is 19.0 Å². The molecule has 2 aromatic carbocycles. The Morgan fingerprint density at radius 1 is 1.05 bits per heavy atom. The van der Waals surface area contributed by atoms with Gasteiger partial charge in [-0.2, -0.15) is 0 Å². The number of benzene rings is 2. The van der Waals surface area contributed by atoms with Crippen LogP contribution in [0.1, 0.15) is 6.92 Å². The molecule has 22 heavy (non-hydrogen) atoms. The van der Waals surface area contributed by atoms with Crippen LogP contribution >= 0.6 is 0 Å². The van der Waals surface area contributed by atoms with Crippen LogP contribution in [0.2, 0.25) is 0 Å². The Labute approximate surface area is 129 Å². The maximum atomic E-state index is 12.5. The van der Waals surface area contributed by atoms with Crippen molar-refractivity contribution in [2.45, 2.75) is 6.92 Å². The first kappa shape index (κ1) is 16.0. The molecule has 0 radical (unpaired) electrons. The van der Waals surface area contributed by atoms with Gasteiger partial charge < -0.3 is 10.0 Å². The Kier molecular flexibility index (Phi) is 5.12. The number of hydrogen-bond donors (Lipinski definition) is 1. The van der Waals surface area contributed by atoms with E-state index in [2.05, 4.69) is 0 Å². The Balaban J connectivity index is 2.26. The van der Waals surface area contributed by atoms with Crippen molar-refractivity contribution in [1.82, 2.24) is 4.90 Å². The van der Waals surface area contributed by atoms with Gasteiger partial charge in [0.25, 0.3) is 0 Å². The number of carbonyl (C=O) groups is 2. The quantitative estimate of drug-likeness (QED) is 0.888. The molecule has 0 aromatic heterocycles. The summed E-state index contributed by atoms with van der Waals surface area (Å²) in [5.41, 5.74) is 0.856. The monoisotopic (exact) mass is 300 g/mol. The molecule has 0 fully saturated rings. The molecule has 0 saturated heterocycles. The molecule has 0 bridgehead atoms. The van der Waals surface area contributed by atoms with Gasteiger partial charge in [0.05, 0.1) is 18.8 Å². The van der Waals surface area contributed by atoms with E-state index in [9.17, 15) is 9.59 Å². The highest BCUT2D eigenvalue weighted by atomic mass is 16.4. The zero-order chi connectivity index (χ0) is 16.1. The van der Waals surface area contributed by atoms with Crippen LogP contribution in [0.5, 0.6) is 0 Å². The van der Waals surface area contributed by atoms with E-state index in [4.69, 9.17) is 5.11 Å². The van der Waals surface area contributed by atoms with Crippen molar-refractivity contribution in [3.8, 4) is 0 Å². The molecule has 0 atom stereocenters. The van der Waals surface area contributed by atoms with Crippen LogP contribution in [0, 0.1) is 0 Å². The molecule has 0 saturated carbocycles. The first-order valence-electron chi connectivity index (χ1n) is 7.21. The summed E-state index contributed by atoms with van der Waals surface area (Å²) < 4.78 is 0. The first-order chi connectivity index (χ1) is 10.5. The van der Waals surface area contributed by atoms with Gasteiger partial charge in [0.2, 0.25) is 5.91 Å². The predicted octanol–water partition coefficient (Wildman–Crippen LogP) is 2.21. The maximum absolute atomic E-state index is 12.5. The van der Waals surface area contributed by atoms with Crippen LogP contribution in [0.3, 0.4) is 0 Å². The van der Waals surface area contributed by atoms with Crippen molar-refractivity contribution in [3.05, 3.63) is 42.5 Å². The number of carboxylic acids is 1. The molecule has 116 valence electrons. The number of carbonyl (C=O) groups excluding carboxylic acids is 1. The van der Waals surface area contributed by atoms with E-state index in [0.717, 1.165) is 16.5 Å². The minimum absolute atomic E-state index is 0.0728. The SMILES string of the molecule is CCN(C(=O)CN(C)CC(=O)O)c1cccc2ccccc12. The number of amides is 1. The molecule has 1 amide bonds. The smallest absolute Gasteiger partial charge is 0.317 e. The Morgan fingerprint density at radius 3 is 2.41 bits per heavy atom. The molecule has 1 N–H and O–H groups in total. The number of hydrogen-bond acceptors (Lipinski definition) is 3. The molecule has 2 rings (SSSR count). The zero-order valence-electron chi connectivity index (χ0n) is 12.8. The summed E-state index contributed by atoms with van der Waals surface area (Å²) in [5.74, 6) is -1.05. The van der Waals surface area contributed by atoms with Gasteiger partial charge in [0, 0.05) is 11.9 Å².